The quantitative estimate of drug-likeness (QED) is 0.684. The molecule has 4 rings (SSSR count). The van der Waals surface area contributed by atoms with Gasteiger partial charge in [-0.2, -0.15) is 0 Å². The molecule has 3 heterocycles. The van der Waals surface area contributed by atoms with Crippen molar-refractivity contribution in [3.63, 3.8) is 0 Å². The minimum atomic E-state index is 0.997. The molecule has 1 aliphatic rings. The third kappa shape index (κ3) is 1.46. The molecule has 0 atom stereocenters. The van der Waals surface area contributed by atoms with E-state index in [0.29, 0.717) is 0 Å². The average molecular weight is 234 g/mol. The van der Waals surface area contributed by atoms with Gasteiger partial charge in [0.1, 0.15) is 0 Å². The van der Waals surface area contributed by atoms with Crippen molar-refractivity contribution in [1.82, 2.24) is 9.72 Å². The Hall–Kier alpha value is -2.06. The molecule has 1 aromatic carbocycles. The molecular formula is C16H14N2. The molecule has 2 nitrogen and oxygen atoms in total. The van der Waals surface area contributed by atoms with Gasteiger partial charge in [0.15, 0.2) is 0 Å². The second kappa shape index (κ2) is 3.72. The second-order valence-corrected chi connectivity index (χ2v) is 4.85. The summed E-state index contributed by atoms with van der Waals surface area (Å²) in [7, 11) is 0. The topological polar surface area (TPSA) is 16.4 Å². The monoisotopic (exact) mass is 234 g/mol. The molecule has 3 aromatic rings. The van der Waals surface area contributed by atoms with Crippen molar-refractivity contribution in [2.75, 3.05) is 0 Å². The van der Waals surface area contributed by atoms with Crippen LogP contribution in [0.3, 0.4) is 0 Å². The zero-order chi connectivity index (χ0) is 11.9. The maximum Gasteiger partial charge on any atom is 0.0456 e. The minimum absolute atomic E-state index is 0.997. The Morgan fingerprint density at radius 3 is 2.78 bits per heavy atom. The summed E-state index contributed by atoms with van der Waals surface area (Å²) in [5.41, 5.74) is 6.70. The average Bonchev–Trinajstić information content (AvgIpc) is 3.04. The standard InChI is InChI=1S/C16H14N2/c1-2-6-18-11-15(8-16(18)3-1)12-4-5-13-9-17-10-14(13)7-12/h1-8,11,17H,9-10H2. The van der Waals surface area contributed by atoms with Crippen LogP contribution in [0.25, 0.3) is 16.6 Å². The molecule has 0 bridgehead atoms. The predicted octanol–water partition coefficient (Wildman–Crippen LogP) is 3.21. The SMILES string of the molecule is c1ccn2cc(-c3ccc4c(c3)CNC4)cc2c1. The highest BCUT2D eigenvalue weighted by atomic mass is 14.9. The van der Waals surface area contributed by atoms with Crippen molar-refractivity contribution < 1.29 is 0 Å². The van der Waals surface area contributed by atoms with Gasteiger partial charge in [-0.1, -0.05) is 18.2 Å². The first-order valence-electron chi connectivity index (χ1n) is 6.30. The number of rotatable bonds is 1. The Labute approximate surface area is 106 Å². The van der Waals surface area contributed by atoms with Crippen molar-refractivity contribution in [2.24, 2.45) is 0 Å². The van der Waals surface area contributed by atoms with Crippen molar-refractivity contribution in [3.05, 3.63) is 66.0 Å². The van der Waals surface area contributed by atoms with Gasteiger partial charge in [-0.05, 0) is 41.0 Å². The molecule has 0 saturated heterocycles. The second-order valence-electron chi connectivity index (χ2n) is 4.85. The van der Waals surface area contributed by atoms with Crippen molar-refractivity contribution in [3.8, 4) is 11.1 Å². The fourth-order valence-corrected chi connectivity index (χ4v) is 2.69. The van der Waals surface area contributed by atoms with E-state index < -0.39 is 0 Å². The molecule has 0 fully saturated rings. The smallest absolute Gasteiger partial charge is 0.0456 e. The van der Waals surface area contributed by atoms with Gasteiger partial charge in [0.25, 0.3) is 0 Å². The van der Waals surface area contributed by atoms with E-state index in [1.165, 1.54) is 27.8 Å². The molecule has 0 aliphatic carbocycles. The minimum Gasteiger partial charge on any atom is -0.323 e. The number of hydrogen-bond acceptors (Lipinski definition) is 1. The number of nitrogens with zero attached hydrogens (tertiary/aromatic N) is 1. The van der Waals surface area contributed by atoms with E-state index in [1.807, 2.05) is 0 Å². The van der Waals surface area contributed by atoms with Crippen molar-refractivity contribution in [2.45, 2.75) is 13.1 Å². The Kier molecular flexibility index (Phi) is 2.05. The zero-order valence-electron chi connectivity index (χ0n) is 10.1. The van der Waals surface area contributed by atoms with Crippen molar-refractivity contribution in [1.29, 1.82) is 0 Å². The third-order valence-corrected chi connectivity index (χ3v) is 3.67. The zero-order valence-corrected chi connectivity index (χ0v) is 10.1. The van der Waals surface area contributed by atoms with Crippen LogP contribution in [-0.4, -0.2) is 4.40 Å². The first-order chi connectivity index (χ1) is 8.90. The lowest BCUT2D eigenvalue weighted by Gasteiger charge is -2.01. The van der Waals surface area contributed by atoms with Gasteiger partial charge in [0.05, 0.1) is 0 Å². The van der Waals surface area contributed by atoms with Gasteiger partial charge < -0.3 is 9.72 Å². The van der Waals surface area contributed by atoms with Crippen LogP contribution in [0.2, 0.25) is 0 Å². The van der Waals surface area contributed by atoms with Crippen LogP contribution in [0, 0.1) is 0 Å². The van der Waals surface area contributed by atoms with Crippen molar-refractivity contribution >= 4 is 5.52 Å². The maximum absolute atomic E-state index is 3.39. The van der Waals surface area contributed by atoms with Crippen LogP contribution in [0.4, 0.5) is 0 Å². The highest BCUT2D eigenvalue weighted by molar-refractivity contribution is 5.71. The maximum atomic E-state index is 3.39. The molecule has 2 aromatic heterocycles. The fraction of sp³-hybridized carbons (Fsp3) is 0.125. The van der Waals surface area contributed by atoms with Gasteiger partial charge in [-0.3, -0.25) is 0 Å². The summed E-state index contributed by atoms with van der Waals surface area (Å²) in [6, 6.07) is 15.3. The van der Waals surface area contributed by atoms with E-state index in [-0.39, 0.29) is 0 Å². The number of benzene rings is 1. The summed E-state index contributed by atoms with van der Waals surface area (Å²) < 4.78 is 2.17. The van der Waals surface area contributed by atoms with Crippen LogP contribution in [0.1, 0.15) is 11.1 Å². The summed E-state index contributed by atoms with van der Waals surface area (Å²) in [6.07, 6.45) is 4.28. The van der Waals surface area contributed by atoms with Crippen LogP contribution >= 0.6 is 0 Å². The summed E-state index contributed by atoms with van der Waals surface area (Å²) in [6.45, 7) is 2.00. The summed E-state index contributed by atoms with van der Waals surface area (Å²) in [4.78, 5) is 0. The molecule has 88 valence electrons. The fourth-order valence-electron chi connectivity index (χ4n) is 2.69. The lowest BCUT2D eigenvalue weighted by atomic mass is 10.0. The van der Waals surface area contributed by atoms with E-state index >= 15 is 0 Å². The highest BCUT2D eigenvalue weighted by Crippen LogP contribution is 2.26. The normalized spacial score (nSPS) is 14.0. The van der Waals surface area contributed by atoms with Crippen LogP contribution < -0.4 is 5.32 Å². The molecule has 0 unspecified atom stereocenters. The Morgan fingerprint density at radius 2 is 1.83 bits per heavy atom. The highest BCUT2D eigenvalue weighted by Gasteiger charge is 2.11. The van der Waals surface area contributed by atoms with E-state index in [0.717, 1.165) is 13.1 Å². The summed E-state index contributed by atoms with van der Waals surface area (Å²) >= 11 is 0. The number of nitrogens with one attached hydrogen (secondary N) is 1. The van der Waals surface area contributed by atoms with Gasteiger partial charge in [0, 0.05) is 36.6 Å². The summed E-state index contributed by atoms with van der Waals surface area (Å²) in [5.74, 6) is 0. The molecule has 18 heavy (non-hydrogen) atoms. The lowest BCUT2D eigenvalue weighted by molar-refractivity contribution is 0.765. The van der Waals surface area contributed by atoms with Crippen LogP contribution in [-0.2, 0) is 13.1 Å². The molecule has 0 spiro atoms. The summed E-state index contributed by atoms with van der Waals surface area (Å²) in [5, 5.41) is 3.39. The lowest BCUT2D eigenvalue weighted by Crippen LogP contribution is -1.99. The Morgan fingerprint density at radius 1 is 0.889 bits per heavy atom. The number of pyridine rings is 1. The Balaban J connectivity index is 1.86. The first kappa shape index (κ1) is 9.92. The molecule has 1 N–H and O–H groups in total. The molecule has 1 aliphatic heterocycles. The molecule has 0 saturated carbocycles. The van der Waals surface area contributed by atoms with E-state index in [4.69, 9.17) is 0 Å². The number of hydrogen-bond donors (Lipinski definition) is 1. The van der Waals surface area contributed by atoms with Crippen LogP contribution in [0.5, 0.6) is 0 Å². The predicted molar refractivity (Wildman–Crippen MR) is 73.4 cm³/mol. The van der Waals surface area contributed by atoms with Gasteiger partial charge in [-0.25, -0.2) is 0 Å². The van der Waals surface area contributed by atoms with Gasteiger partial charge in [0.2, 0.25) is 0 Å². The van der Waals surface area contributed by atoms with Gasteiger partial charge >= 0.3 is 0 Å². The first-order valence-corrected chi connectivity index (χ1v) is 6.30. The molecule has 0 amide bonds. The van der Waals surface area contributed by atoms with E-state index in [1.54, 1.807) is 0 Å². The van der Waals surface area contributed by atoms with E-state index in [9.17, 15) is 0 Å². The van der Waals surface area contributed by atoms with Gasteiger partial charge in [-0.15, -0.1) is 0 Å². The number of fused-ring (bicyclic) bond motifs is 2. The van der Waals surface area contributed by atoms with Crippen LogP contribution in [0.15, 0.2) is 54.9 Å². The largest absolute Gasteiger partial charge is 0.323 e. The Bertz CT molecular complexity index is 692. The molecule has 2 heteroatoms. The third-order valence-electron chi connectivity index (χ3n) is 3.67. The molecular weight excluding hydrogens is 220 g/mol. The number of aromatic nitrogens is 1. The van der Waals surface area contributed by atoms with E-state index in [2.05, 4.69) is 64.6 Å². The molecule has 0 radical (unpaired) electrons.